The lowest BCUT2D eigenvalue weighted by molar-refractivity contribution is -0.147. The van der Waals surface area contributed by atoms with Crippen LogP contribution in [-0.4, -0.2) is 18.6 Å². The molecule has 3 nitrogen and oxygen atoms in total. The lowest BCUT2D eigenvalue weighted by Gasteiger charge is -2.17. The number of carbonyl (C=O) groups is 1. The molecule has 0 fully saturated rings. The van der Waals surface area contributed by atoms with Gasteiger partial charge in [0.1, 0.15) is 6.10 Å². The normalized spacial score (nSPS) is 16.0. The summed E-state index contributed by atoms with van der Waals surface area (Å²) in [5.41, 5.74) is 5.36. The minimum absolute atomic E-state index is 0.0671. The molecule has 2 atom stereocenters. The summed E-state index contributed by atoms with van der Waals surface area (Å²) in [4.78, 5) is 10.4. The van der Waals surface area contributed by atoms with Crippen LogP contribution < -0.4 is 5.73 Å². The van der Waals surface area contributed by atoms with Crippen molar-refractivity contribution in [3.05, 3.63) is 0 Å². The van der Waals surface area contributed by atoms with Gasteiger partial charge in [-0.2, -0.15) is 0 Å². The molecule has 0 aliphatic heterocycles. The Balaban J connectivity index is 3.61. The van der Waals surface area contributed by atoms with E-state index in [1.165, 1.54) is 6.92 Å². The maximum atomic E-state index is 10.4. The van der Waals surface area contributed by atoms with E-state index in [9.17, 15) is 4.79 Å². The van der Waals surface area contributed by atoms with Crippen LogP contribution in [-0.2, 0) is 9.53 Å². The molecule has 0 spiro atoms. The molecular weight excluding hydrogens is 130 g/mol. The third-order valence-corrected chi connectivity index (χ3v) is 1.52. The van der Waals surface area contributed by atoms with Gasteiger partial charge < -0.3 is 10.5 Å². The van der Waals surface area contributed by atoms with E-state index in [0.717, 1.165) is 0 Å². The summed E-state index contributed by atoms with van der Waals surface area (Å²) >= 11 is 0. The molecule has 0 rings (SSSR count). The number of carbonyl (C=O) groups excluding carboxylic acids is 1. The first-order chi connectivity index (χ1) is 4.57. The van der Waals surface area contributed by atoms with Gasteiger partial charge in [0.25, 0.3) is 0 Å². The summed E-state index contributed by atoms with van der Waals surface area (Å²) in [6.07, 6.45) is -0.0671. The van der Waals surface area contributed by atoms with Gasteiger partial charge in [-0.05, 0) is 13.5 Å². The van der Waals surface area contributed by atoms with Gasteiger partial charge in [0.15, 0.2) is 0 Å². The molecule has 0 aromatic heterocycles. The molecule has 0 aromatic rings. The van der Waals surface area contributed by atoms with Gasteiger partial charge >= 0.3 is 5.97 Å². The molecular formula is C7H15NO2. The zero-order valence-corrected chi connectivity index (χ0v) is 6.76. The number of ether oxygens (including phenoxy) is 1. The predicted octanol–water partition coefficient (Wildman–Crippen LogP) is 0.533. The Kier molecular flexibility index (Phi) is 4.03. The van der Waals surface area contributed by atoms with Gasteiger partial charge in [-0.1, -0.05) is 6.92 Å². The van der Waals surface area contributed by atoms with Gasteiger partial charge in [-0.25, -0.2) is 0 Å². The van der Waals surface area contributed by atoms with E-state index >= 15 is 0 Å². The number of rotatable bonds is 3. The lowest BCUT2D eigenvalue weighted by Crippen LogP contribution is -2.26. The summed E-state index contributed by atoms with van der Waals surface area (Å²) in [5.74, 6) is -0.00306. The van der Waals surface area contributed by atoms with Crippen molar-refractivity contribution in [2.45, 2.75) is 26.9 Å². The van der Waals surface area contributed by atoms with Crippen molar-refractivity contribution >= 4 is 5.97 Å². The van der Waals surface area contributed by atoms with Gasteiger partial charge in [0.2, 0.25) is 0 Å². The minimum Gasteiger partial charge on any atom is -0.463 e. The van der Waals surface area contributed by atoms with Gasteiger partial charge in [-0.15, -0.1) is 0 Å². The van der Waals surface area contributed by atoms with Crippen LogP contribution in [0.4, 0.5) is 0 Å². The molecule has 3 heteroatoms. The standard InChI is InChI=1S/C7H15NO2/c1-5(4-8)6(2)10-7(3)9/h5-6H,4,8H2,1-3H3/t5-,6-/m1/s1. The molecule has 10 heavy (non-hydrogen) atoms. The van der Waals surface area contributed by atoms with Crippen LogP contribution in [0.1, 0.15) is 20.8 Å². The quantitative estimate of drug-likeness (QED) is 0.589. The monoisotopic (exact) mass is 145 g/mol. The first kappa shape index (κ1) is 9.43. The predicted molar refractivity (Wildman–Crippen MR) is 39.4 cm³/mol. The Morgan fingerprint density at radius 3 is 2.40 bits per heavy atom. The van der Waals surface area contributed by atoms with E-state index in [4.69, 9.17) is 10.5 Å². The van der Waals surface area contributed by atoms with Gasteiger partial charge in [-0.3, -0.25) is 4.79 Å². The lowest BCUT2D eigenvalue weighted by atomic mass is 10.1. The summed E-state index contributed by atoms with van der Waals surface area (Å²) in [6, 6.07) is 0. The fourth-order valence-electron chi connectivity index (χ4n) is 0.570. The summed E-state index contributed by atoms with van der Waals surface area (Å²) in [7, 11) is 0. The Morgan fingerprint density at radius 1 is 1.60 bits per heavy atom. The number of nitrogens with two attached hydrogens (primary N) is 1. The Labute approximate surface area is 61.5 Å². The molecule has 60 valence electrons. The van der Waals surface area contributed by atoms with Crippen molar-refractivity contribution in [1.29, 1.82) is 0 Å². The fourth-order valence-corrected chi connectivity index (χ4v) is 0.570. The molecule has 0 unspecified atom stereocenters. The van der Waals surface area contributed by atoms with Crippen LogP contribution in [0.2, 0.25) is 0 Å². The topological polar surface area (TPSA) is 52.3 Å². The van der Waals surface area contributed by atoms with Gasteiger partial charge in [0, 0.05) is 12.8 Å². The largest absolute Gasteiger partial charge is 0.463 e. The SMILES string of the molecule is CC(=O)O[C@H](C)[C@H](C)CN. The molecule has 0 amide bonds. The molecule has 0 aliphatic rings. The molecule has 0 saturated heterocycles. The van der Waals surface area contributed by atoms with E-state index < -0.39 is 0 Å². The second kappa shape index (κ2) is 4.28. The third kappa shape index (κ3) is 3.45. The second-order valence-corrected chi connectivity index (χ2v) is 2.53. The average Bonchev–Trinajstić information content (AvgIpc) is 1.85. The van der Waals surface area contributed by atoms with Crippen molar-refractivity contribution in [2.24, 2.45) is 11.7 Å². The van der Waals surface area contributed by atoms with E-state index in [1.807, 2.05) is 13.8 Å². The van der Waals surface area contributed by atoms with Crippen LogP contribution in [0.3, 0.4) is 0 Å². The number of hydrogen-bond acceptors (Lipinski definition) is 3. The van der Waals surface area contributed by atoms with E-state index in [2.05, 4.69) is 0 Å². The summed E-state index contributed by atoms with van der Waals surface area (Å²) in [6.45, 7) is 5.75. The summed E-state index contributed by atoms with van der Waals surface area (Å²) < 4.78 is 4.88. The van der Waals surface area contributed by atoms with Crippen molar-refractivity contribution in [1.82, 2.24) is 0 Å². The van der Waals surface area contributed by atoms with E-state index in [0.29, 0.717) is 6.54 Å². The van der Waals surface area contributed by atoms with E-state index in [-0.39, 0.29) is 18.0 Å². The van der Waals surface area contributed by atoms with Crippen molar-refractivity contribution in [3.63, 3.8) is 0 Å². The fraction of sp³-hybridized carbons (Fsp3) is 0.857. The highest BCUT2D eigenvalue weighted by Crippen LogP contribution is 2.04. The van der Waals surface area contributed by atoms with Crippen LogP contribution in [0.5, 0.6) is 0 Å². The molecule has 0 saturated carbocycles. The zero-order valence-electron chi connectivity index (χ0n) is 6.76. The minimum atomic E-state index is -0.243. The van der Waals surface area contributed by atoms with Crippen molar-refractivity contribution in [2.75, 3.05) is 6.54 Å². The van der Waals surface area contributed by atoms with Crippen LogP contribution >= 0.6 is 0 Å². The van der Waals surface area contributed by atoms with Crippen molar-refractivity contribution in [3.8, 4) is 0 Å². The number of hydrogen-bond donors (Lipinski definition) is 1. The molecule has 0 aromatic carbocycles. The Morgan fingerprint density at radius 2 is 2.10 bits per heavy atom. The molecule has 2 N–H and O–H groups in total. The van der Waals surface area contributed by atoms with Crippen LogP contribution in [0, 0.1) is 5.92 Å². The molecule has 0 radical (unpaired) electrons. The van der Waals surface area contributed by atoms with Gasteiger partial charge in [0.05, 0.1) is 0 Å². The third-order valence-electron chi connectivity index (χ3n) is 1.52. The van der Waals surface area contributed by atoms with E-state index in [1.54, 1.807) is 0 Å². The first-order valence-electron chi connectivity index (χ1n) is 3.45. The smallest absolute Gasteiger partial charge is 0.302 e. The first-order valence-corrected chi connectivity index (χ1v) is 3.45. The maximum absolute atomic E-state index is 10.4. The molecule has 0 bridgehead atoms. The van der Waals surface area contributed by atoms with Crippen LogP contribution in [0.25, 0.3) is 0 Å². The van der Waals surface area contributed by atoms with Crippen LogP contribution in [0.15, 0.2) is 0 Å². The highest BCUT2D eigenvalue weighted by molar-refractivity contribution is 5.66. The highest BCUT2D eigenvalue weighted by Gasteiger charge is 2.12. The second-order valence-electron chi connectivity index (χ2n) is 2.53. The van der Waals surface area contributed by atoms with Crippen molar-refractivity contribution < 1.29 is 9.53 Å². The highest BCUT2D eigenvalue weighted by atomic mass is 16.5. The maximum Gasteiger partial charge on any atom is 0.302 e. The molecule has 0 heterocycles. The summed E-state index contributed by atoms with van der Waals surface area (Å²) in [5, 5.41) is 0. The Bertz CT molecular complexity index is 114. The zero-order chi connectivity index (χ0) is 8.15. The Hall–Kier alpha value is -0.570. The molecule has 0 aliphatic carbocycles. The average molecular weight is 145 g/mol. The number of esters is 1.